The molecule has 0 atom stereocenters. The fraction of sp³-hybridized carbons (Fsp3) is 0.625. The minimum atomic E-state index is -3.71. The maximum Gasteiger partial charge on any atom is 0.243 e. The smallest absolute Gasteiger partial charge is 0.243 e. The highest BCUT2D eigenvalue weighted by Gasteiger charge is 2.32. The van der Waals surface area contributed by atoms with E-state index in [1.54, 1.807) is 11.2 Å². The number of sulfone groups is 1. The molecule has 0 radical (unpaired) electrons. The van der Waals surface area contributed by atoms with Crippen LogP contribution in [0.1, 0.15) is 33.1 Å². The Labute approximate surface area is 157 Å². The van der Waals surface area contributed by atoms with Crippen LogP contribution in [0.15, 0.2) is 34.1 Å². The predicted octanol–water partition coefficient (Wildman–Crippen LogP) is 2.05. The van der Waals surface area contributed by atoms with Gasteiger partial charge in [-0.25, -0.2) is 16.8 Å². The van der Waals surface area contributed by atoms with Crippen molar-refractivity contribution in [3.63, 3.8) is 0 Å². The molecule has 25 heavy (non-hydrogen) atoms. The van der Waals surface area contributed by atoms with Crippen molar-refractivity contribution in [2.45, 2.75) is 48.9 Å². The molecule has 2 rings (SSSR count). The molecular weight excluding hydrogens is 384 g/mol. The number of nitrogens with one attached hydrogen (secondary N) is 1. The van der Waals surface area contributed by atoms with Crippen LogP contribution < -0.4 is 5.32 Å². The number of hydrogen-bond acceptors (Lipinski definition) is 5. The summed E-state index contributed by atoms with van der Waals surface area (Å²) in [4.78, 5) is 0.122. The third-order valence-electron chi connectivity index (χ3n) is 4.31. The first-order chi connectivity index (χ1) is 11.3. The number of nitrogens with zero attached hydrogens (tertiary/aromatic N) is 1. The van der Waals surface area contributed by atoms with Gasteiger partial charge in [-0.05, 0) is 50.6 Å². The Morgan fingerprint density at radius 3 is 2.24 bits per heavy atom. The van der Waals surface area contributed by atoms with E-state index in [-0.39, 0.29) is 34.0 Å². The van der Waals surface area contributed by atoms with Crippen LogP contribution in [-0.4, -0.2) is 52.6 Å². The van der Waals surface area contributed by atoms with E-state index in [0.717, 1.165) is 32.4 Å². The van der Waals surface area contributed by atoms with Crippen molar-refractivity contribution in [1.29, 1.82) is 0 Å². The van der Waals surface area contributed by atoms with Gasteiger partial charge in [0.25, 0.3) is 0 Å². The molecule has 1 heterocycles. The number of halogens is 1. The Hall–Kier alpha value is -0.670. The molecule has 1 aromatic rings. The van der Waals surface area contributed by atoms with Gasteiger partial charge in [0.1, 0.15) is 0 Å². The first-order valence-corrected chi connectivity index (χ1v) is 11.5. The first kappa shape index (κ1) is 22.4. The molecular formula is C16H27ClN2O4S2. The van der Waals surface area contributed by atoms with Gasteiger partial charge in [-0.2, -0.15) is 4.31 Å². The van der Waals surface area contributed by atoms with Crippen molar-refractivity contribution in [2.75, 3.05) is 25.4 Å². The highest BCUT2D eigenvalue weighted by Crippen LogP contribution is 2.25. The summed E-state index contributed by atoms with van der Waals surface area (Å²) >= 11 is 0. The van der Waals surface area contributed by atoms with E-state index in [4.69, 9.17) is 0 Å². The van der Waals surface area contributed by atoms with Crippen molar-refractivity contribution in [2.24, 2.45) is 0 Å². The molecule has 0 spiro atoms. The Morgan fingerprint density at radius 1 is 1.08 bits per heavy atom. The molecule has 1 aliphatic heterocycles. The van der Waals surface area contributed by atoms with Gasteiger partial charge in [-0.1, -0.05) is 19.9 Å². The standard InChI is InChI=1S/C16H26N2O4S2.ClH/c1-3-12-18(14-8-10-17-11-9-14)24(21,22)16-7-5-6-15(13-16)23(19,20)4-2;/h5-7,13-14,17H,3-4,8-12H2,1-2H3;1H. The molecule has 1 fully saturated rings. The average Bonchev–Trinajstić information content (AvgIpc) is 2.60. The zero-order valence-corrected chi connectivity index (χ0v) is 17.1. The van der Waals surface area contributed by atoms with Crippen LogP contribution in [0.2, 0.25) is 0 Å². The molecule has 0 amide bonds. The summed E-state index contributed by atoms with van der Waals surface area (Å²) in [6.45, 7) is 5.53. The fourth-order valence-corrected chi connectivity index (χ4v) is 5.77. The van der Waals surface area contributed by atoms with Crippen molar-refractivity contribution < 1.29 is 16.8 Å². The van der Waals surface area contributed by atoms with Gasteiger partial charge in [-0.15, -0.1) is 12.4 Å². The molecule has 0 saturated carbocycles. The van der Waals surface area contributed by atoms with Crippen LogP contribution in [-0.2, 0) is 19.9 Å². The summed E-state index contributed by atoms with van der Waals surface area (Å²) in [6, 6.07) is 5.68. The maximum atomic E-state index is 13.1. The molecule has 0 aromatic heterocycles. The van der Waals surface area contributed by atoms with Gasteiger partial charge in [0.05, 0.1) is 15.5 Å². The van der Waals surface area contributed by atoms with E-state index in [0.29, 0.717) is 6.54 Å². The van der Waals surface area contributed by atoms with Crippen LogP contribution in [0.4, 0.5) is 0 Å². The Kier molecular flexibility index (Phi) is 8.34. The van der Waals surface area contributed by atoms with Crippen molar-refractivity contribution in [1.82, 2.24) is 9.62 Å². The molecule has 1 N–H and O–H groups in total. The van der Waals surface area contributed by atoms with Gasteiger partial charge in [-0.3, -0.25) is 0 Å². The summed E-state index contributed by atoms with van der Waals surface area (Å²) < 4.78 is 51.9. The average molecular weight is 411 g/mol. The second kappa shape index (κ2) is 9.32. The topological polar surface area (TPSA) is 83.6 Å². The van der Waals surface area contributed by atoms with E-state index in [1.165, 1.54) is 24.3 Å². The largest absolute Gasteiger partial charge is 0.317 e. The number of piperidine rings is 1. The highest BCUT2D eigenvalue weighted by atomic mass is 35.5. The lowest BCUT2D eigenvalue weighted by Crippen LogP contribution is -2.46. The Morgan fingerprint density at radius 2 is 1.68 bits per heavy atom. The monoisotopic (exact) mass is 410 g/mol. The molecule has 0 unspecified atom stereocenters. The second-order valence-electron chi connectivity index (χ2n) is 5.98. The molecule has 144 valence electrons. The van der Waals surface area contributed by atoms with Gasteiger partial charge in [0.2, 0.25) is 10.0 Å². The lowest BCUT2D eigenvalue weighted by atomic mass is 10.1. The lowest BCUT2D eigenvalue weighted by Gasteiger charge is -2.33. The molecule has 1 aromatic carbocycles. The van der Waals surface area contributed by atoms with Gasteiger partial charge in [0.15, 0.2) is 9.84 Å². The normalized spacial score (nSPS) is 16.6. The minimum absolute atomic E-state index is 0. The lowest BCUT2D eigenvalue weighted by molar-refractivity contribution is 0.262. The summed E-state index contributed by atoms with van der Waals surface area (Å²) in [5, 5.41) is 3.24. The predicted molar refractivity (Wildman–Crippen MR) is 101 cm³/mol. The number of sulfonamides is 1. The molecule has 1 aliphatic rings. The van der Waals surface area contributed by atoms with Crippen LogP contribution in [0.5, 0.6) is 0 Å². The summed E-state index contributed by atoms with van der Waals surface area (Å²) in [5.41, 5.74) is 0. The first-order valence-electron chi connectivity index (χ1n) is 8.38. The van der Waals surface area contributed by atoms with E-state index < -0.39 is 19.9 Å². The fourth-order valence-electron chi connectivity index (χ4n) is 2.94. The SMILES string of the molecule is CCCN(C1CCNCC1)S(=O)(=O)c1cccc(S(=O)(=O)CC)c1.Cl. The number of rotatable bonds is 7. The molecule has 1 saturated heterocycles. The summed E-state index contributed by atoms with van der Waals surface area (Å²) in [5.74, 6) is -0.0521. The summed E-state index contributed by atoms with van der Waals surface area (Å²) in [6.07, 6.45) is 2.26. The highest BCUT2D eigenvalue weighted by molar-refractivity contribution is 7.91. The van der Waals surface area contributed by atoms with Crippen LogP contribution in [0, 0.1) is 0 Å². The maximum absolute atomic E-state index is 13.1. The Balaban J connectivity index is 0.00000312. The van der Waals surface area contributed by atoms with Crippen LogP contribution in [0.3, 0.4) is 0 Å². The van der Waals surface area contributed by atoms with Crippen LogP contribution >= 0.6 is 12.4 Å². The summed E-state index contributed by atoms with van der Waals surface area (Å²) in [7, 11) is -7.15. The van der Waals surface area contributed by atoms with Gasteiger partial charge < -0.3 is 5.32 Å². The van der Waals surface area contributed by atoms with Crippen molar-refractivity contribution in [3.8, 4) is 0 Å². The van der Waals surface area contributed by atoms with E-state index >= 15 is 0 Å². The zero-order chi connectivity index (χ0) is 17.8. The van der Waals surface area contributed by atoms with E-state index in [2.05, 4.69) is 5.32 Å². The van der Waals surface area contributed by atoms with Gasteiger partial charge >= 0.3 is 0 Å². The van der Waals surface area contributed by atoms with Crippen molar-refractivity contribution >= 4 is 32.3 Å². The van der Waals surface area contributed by atoms with Crippen LogP contribution in [0.25, 0.3) is 0 Å². The second-order valence-corrected chi connectivity index (χ2v) is 10.1. The molecule has 9 heteroatoms. The third-order valence-corrected chi connectivity index (χ3v) is 7.99. The van der Waals surface area contributed by atoms with Crippen molar-refractivity contribution in [3.05, 3.63) is 24.3 Å². The minimum Gasteiger partial charge on any atom is -0.317 e. The molecule has 0 bridgehead atoms. The van der Waals surface area contributed by atoms with E-state index in [1.807, 2.05) is 6.92 Å². The molecule has 0 aliphatic carbocycles. The third kappa shape index (κ3) is 5.17. The zero-order valence-electron chi connectivity index (χ0n) is 14.6. The van der Waals surface area contributed by atoms with E-state index in [9.17, 15) is 16.8 Å². The molecule has 6 nitrogen and oxygen atoms in total. The van der Waals surface area contributed by atoms with Gasteiger partial charge in [0, 0.05) is 12.6 Å². The quantitative estimate of drug-likeness (QED) is 0.743. The number of benzene rings is 1. The number of hydrogen-bond donors (Lipinski definition) is 1. The Bertz CT molecular complexity index is 760.